The summed E-state index contributed by atoms with van der Waals surface area (Å²) in [6.45, 7) is 3.14. The van der Waals surface area contributed by atoms with Crippen molar-refractivity contribution in [3.63, 3.8) is 0 Å². The summed E-state index contributed by atoms with van der Waals surface area (Å²) < 4.78 is 0. The van der Waals surface area contributed by atoms with Gasteiger partial charge in [-0.2, -0.15) is 0 Å². The summed E-state index contributed by atoms with van der Waals surface area (Å²) in [4.78, 5) is 39.6. The second kappa shape index (κ2) is 10.0. The molecular formula is C20H28N4O5. The van der Waals surface area contributed by atoms with Crippen LogP contribution in [0.15, 0.2) is 30.5 Å². The lowest BCUT2D eigenvalue weighted by Gasteiger charge is -2.23. The molecule has 2 aromatic rings. The van der Waals surface area contributed by atoms with E-state index in [1.54, 1.807) is 6.20 Å². The van der Waals surface area contributed by atoms with Gasteiger partial charge in [0.25, 0.3) is 0 Å². The lowest BCUT2D eigenvalue weighted by molar-refractivity contribution is -0.142. The number of aliphatic carboxylic acids is 1. The van der Waals surface area contributed by atoms with Crippen LogP contribution < -0.4 is 16.4 Å². The van der Waals surface area contributed by atoms with Gasteiger partial charge >= 0.3 is 5.97 Å². The summed E-state index contributed by atoms with van der Waals surface area (Å²) in [7, 11) is 0. The highest BCUT2D eigenvalue weighted by atomic mass is 16.4. The first-order valence-electron chi connectivity index (χ1n) is 9.47. The monoisotopic (exact) mass is 404 g/mol. The average molecular weight is 404 g/mol. The van der Waals surface area contributed by atoms with Crippen molar-refractivity contribution in [2.45, 2.75) is 44.8 Å². The van der Waals surface area contributed by atoms with Gasteiger partial charge in [0.15, 0.2) is 0 Å². The Balaban J connectivity index is 2.24. The SMILES string of the molecule is CC(C)C[C@H](NC(=O)[C@H](Cc1c[nH]c2ccccc12)NC(=O)[C@@H](N)CO)C(=O)O. The van der Waals surface area contributed by atoms with E-state index < -0.39 is 42.5 Å². The normalized spacial score (nSPS) is 14.4. The zero-order valence-electron chi connectivity index (χ0n) is 16.5. The summed E-state index contributed by atoms with van der Waals surface area (Å²) in [6, 6.07) is 4.20. The molecular weight excluding hydrogens is 376 g/mol. The van der Waals surface area contributed by atoms with Gasteiger partial charge in [0, 0.05) is 23.5 Å². The van der Waals surface area contributed by atoms with E-state index >= 15 is 0 Å². The predicted octanol–water partition coefficient (Wildman–Crippen LogP) is 0.130. The number of para-hydroxylation sites is 1. The first-order valence-corrected chi connectivity index (χ1v) is 9.47. The number of amides is 2. The highest BCUT2D eigenvalue weighted by molar-refractivity contribution is 5.93. The molecule has 29 heavy (non-hydrogen) atoms. The van der Waals surface area contributed by atoms with Gasteiger partial charge in [0.1, 0.15) is 18.1 Å². The van der Waals surface area contributed by atoms with E-state index in [0.29, 0.717) is 0 Å². The number of hydrogen-bond donors (Lipinski definition) is 6. The molecule has 9 nitrogen and oxygen atoms in total. The fraction of sp³-hybridized carbons (Fsp3) is 0.450. The van der Waals surface area contributed by atoms with Gasteiger partial charge in [0.05, 0.1) is 6.61 Å². The fourth-order valence-electron chi connectivity index (χ4n) is 3.06. The minimum atomic E-state index is -1.18. The van der Waals surface area contributed by atoms with Crippen LogP contribution in [-0.2, 0) is 20.8 Å². The van der Waals surface area contributed by atoms with Crippen molar-refractivity contribution in [1.82, 2.24) is 15.6 Å². The van der Waals surface area contributed by atoms with Gasteiger partial charge in [-0.3, -0.25) is 9.59 Å². The molecule has 2 rings (SSSR count). The molecule has 7 N–H and O–H groups in total. The second-order valence-corrected chi connectivity index (χ2v) is 7.44. The van der Waals surface area contributed by atoms with Crippen LogP contribution in [0.3, 0.4) is 0 Å². The van der Waals surface area contributed by atoms with Crippen LogP contribution in [0.1, 0.15) is 25.8 Å². The third-order valence-electron chi connectivity index (χ3n) is 4.59. The molecule has 1 heterocycles. The maximum absolute atomic E-state index is 12.8. The molecule has 0 aliphatic carbocycles. The van der Waals surface area contributed by atoms with Crippen molar-refractivity contribution >= 4 is 28.7 Å². The van der Waals surface area contributed by atoms with Crippen LogP contribution in [0.2, 0.25) is 0 Å². The van der Waals surface area contributed by atoms with E-state index in [1.165, 1.54) is 0 Å². The van der Waals surface area contributed by atoms with Crippen molar-refractivity contribution < 1.29 is 24.6 Å². The number of nitrogens with one attached hydrogen (secondary N) is 3. The maximum Gasteiger partial charge on any atom is 0.326 e. The Hall–Kier alpha value is -2.91. The molecule has 1 aromatic heterocycles. The van der Waals surface area contributed by atoms with Crippen LogP contribution in [-0.4, -0.2) is 57.7 Å². The number of aromatic nitrogens is 1. The zero-order chi connectivity index (χ0) is 21.6. The molecule has 1 aromatic carbocycles. The van der Waals surface area contributed by atoms with Crippen LogP contribution >= 0.6 is 0 Å². The molecule has 0 aliphatic heterocycles. The van der Waals surface area contributed by atoms with Crippen molar-refractivity contribution in [2.24, 2.45) is 11.7 Å². The Morgan fingerprint density at radius 2 is 1.76 bits per heavy atom. The topological polar surface area (TPSA) is 158 Å². The molecule has 0 fully saturated rings. The fourth-order valence-corrected chi connectivity index (χ4v) is 3.06. The molecule has 2 amide bonds. The summed E-state index contributed by atoms with van der Waals surface area (Å²) in [6.07, 6.45) is 2.13. The Morgan fingerprint density at radius 1 is 1.10 bits per heavy atom. The van der Waals surface area contributed by atoms with E-state index in [0.717, 1.165) is 16.5 Å². The number of fused-ring (bicyclic) bond motifs is 1. The smallest absolute Gasteiger partial charge is 0.326 e. The van der Waals surface area contributed by atoms with Crippen molar-refractivity contribution in [3.8, 4) is 0 Å². The number of carboxylic acid groups (broad SMARTS) is 1. The molecule has 0 spiro atoms. The molecule has 0 radical (unpaired) electrons. The highest BCUT2D eigenvalue weighted by Gasteiger charge is 2.29. The van der Waals surface area contributed by atoms with Crippen LogP contribution in [0.5, 0.6) is 0 Å². The molecule has 9 heteroatoms. The Bertz CT molecular complexity index is 863. The average Bonchev–Trinajstić information content (AvgIpc) is 3.08. The number of carboxylic acids is 1. The first-order chi connectivity index (χ1) is 13.7. The van der Waals surface area contributed by atoms with Gasteiger partial charge in [-0.25, -0.2) is 4.79 Å². The number of rotatable bonds is 10. The number of carbonyl (C=O) groups excluding carboxylic acids is 2. The van der Waals surface area contributed by atoms with E-state index in [1.807, 2.05) is 38.1 Å². The third-order valence-corrected chi connectivity index (χ3v) is 4.59. The van der Waals surface area contributed by atoms with E-state index in [-0.39, 0.29) is 18.8 Å². The molecule has 0 bridgehead atoms. The molecule has 158 valence electrons. The van der Waals surface area contributed by atoms with Crippen LogP contribution in [0, 0.1) is 5.92 Å². The van der Waals surface area contributed by atoms with Crippen molar-refractivity contribution in [3.05, 3.63) is 36.0 Å². The number of H-pyrrole nitrogens is 1. The predicted molar refractivity (Wildman–Crippen MR) is 108 cm³/mol. The summed E-state index contributed by atoms with van der Waals surface area (Å²) in [5, 5.41) is 24.4. The maximum atomic E-state index is 12.8. The Morgan fingerprint density at radius 3 is 2.38 bits per heavy atom. The first kappa shape index (κ1) is 22.4. The van der Waals surface area contributed by atoms with Crippen LogP contribution in [0.25, 0.3) is 10.9 Å². The molecule has 0 saturated heterocycles. The van der Waals surface area contributed by atoms with Gasteiger partial charge in [-0.15, -0.1) is 0 Å². The van der Waals surface area contributed by atoms with E-state index in [2.05, 4.69) is 15.6 Å². The van der Waals surface area contributed by atoms with Crippen molar-refractivity contribution in [1.29, 1.82) is 0 Å². The van der Waals surface area contributed by atoms with Crippen molar-refractivity contribution in [2.75, 3.05) is 6.61 Å². The van der Waals surface area contributed by atoms with Gasteiger partial charge in [-0.05, 0) is 24.0 Å². The van der Waals surface area contributed by atoms with Crippen LogP contribution in [0.4, 0.5) is 0 Å². The zero-order valence-corrected chi connectivity index (χ0v) is 16.5. The number of hydrogen-bond acceptors (Lipinski definition) is 5. The number of aliphatic hydroxyl groups excluding tert-OH is 1. The molecule has 0 aliphatic rings. The van der Waals surface area contributed by atoms with E-state index in [9.17, 15) is 19.5 Å². The number of aliphatic hydroxyl groups is 1. The number of aromatic amines is 1. The quantitative estimate of drug-likeness (QED) is 0.330. The largest absolute Gasteiger partial charge is 0.480 e. The second-order valence-electron chi connectivity index (χ2n) is 7.44. The summed E-state index contributed by atoms with van der Waals surface area (Å²) in [5.41, 5.74) is 7.21. The number of nitrogens with two attached hydrogens (primary N) is 1. The third kappa shape index (κ3) is 6.03. The Kier molecular flexibility index (Phi) is 7.74. The number of benzene rings is 1. The van der Waals surface area contributed by atoms with Gasteiger partial charge in [0.2, 0.25) is 11.8 Å². The molecule has 0 saturated carbocycles. The lowest BCUT2D eigenvalue weighted by Crippen LogP contribution is -2.56. The molecule has 0 unspecified atom stereocenters. The summed E-state index contributed by atoms with van der Waals surface area (Å²) >= 11 is 0. The van der Waals surface area contributed by atoms with Gasteiger partial charge in [-0.1, -0.05) is 32.0 Å². The standard InChI is InChI=1S/C20H28N4O5/c1-11(2)7-17(20(28)29)24-19(27)16(23-18(26)14(21)10-25)8-12-9-22-15-6-4-3-5-13(12)15/h3-6,9,11,14,16-17,22,25H,7-8,10,21H2,1-2H3,(H,23,26)(H,24,27)(H,28,29)/t14-,16-,17-/m0/s1. The summed E-state index contributed by atoms with van der Waals surface area (Å²) in [5.74, 6) is -2.40. The number of carbonyl (C=O) groups is 3. The highest BCUT2D eigenvalue weighted by Crippen LogP contribution is 2.19. The molecule has 3 atom stereocenters. The van der Waals surface area contributed by atoms with E-state index in [4.69, 9.17) is 10.8 Å². The minimum absolute atomic E-state index is 0.0564. The lowest BCUT2D eigenvalue weighted by atomic mass is 10.0. The van der Waals surface area contributed by atoms with Gasteiger partial charge < -0.3 is 31.6 Å². The Labute approximate surface area is 168 Å². The minimum Gasteiger partial charge on any atom is -0.480 e.